The first-order valence-electron chi connectivity index (χ1n) is 20.1. The van der Waals surface area contributed by atoms with Crippen molar-refractivity contribution in [2.75, 3.05) is 4.90 Å². The molecule has 0 fully saturated rings. The van der Waals surface area contributed by atoms with Gasteiger partial charge in [0.1, 0.15) is 0 Å². The lowest BCUT2D eigenvalue weighted by atomic mass is 10.0. The Morgan fingerprint density at radius 2 is 0.983 bits per heavy atom. The van der Waals surface area contributed by atoms with Gasteiger partial charge in [-0.1, -0.05) is 133 Å². The minimum absolute atomic E-state index is 0.971. The summed E-state index contributed by atoms with van der Waals surface area (Å²) in [6.45, 7) is 0. The molecule has 0 aliphatic heterocycles. The summed E-state index contributed by atoms with van der Waals surface area (Å²) in [5.41, 5.74) is 18.6. The summed E-state index contributed by atoms with van der Waals surface area (Å²) in [7, 11) is 0. The molecule has 1 aliphatic carbocycles. The van der Waals surface area contributed by atoms with Crippen molar-refractivity contribution in [2.45, 2.75) is 6.42 Å². The van der Waals surface area contributed by atoms with Gasteiger partial charge in [0.05, 0.1) is 33.3 Å². The summed E-state index contributed by atoms with van der Waals surface area (Å²) >= 11 is 0. The molecule has 0 amide bonds. The van der Waals surface area contributed by atoms with E-state index in [-0.39, 0.29) is 0 Å². The van der Waals surface area contributed by atoms with Crippen molar-refractivity contribution < 1.29 is 0 Å². The molecule has 0 saturated heterocycles. The number of hydrogen-bond acceptors (Lipinski definition) is 1. The Balaban J connectivity index is 1.02. The molecule has 58 heavy (non-hydrogen) atoms. The van der Waals surface area contributed by atoms with Crippen LogP contribution in [0.4, 0.5) is 17.1 Å². The maximum atomic E-state index is 2.49. The van der Waals surface area contributed by atoms with E-state index >= 15 is 0 Å². The zero-order valence-electron chi connectivity index (χ0n) is 31.6. The highest BCUT2D eigenvalue weighted by Gasteiger charge is 2.26. The highest BCUT2D eigenvalue weighted by Crippen LogP contribution is 2.49. The van der Waals surface area contributed by atoms with Gasteiger partial charge in [-0.15, -0.1) is 0 Å². The highest BCUT2D eigenvalue weighted by molar-refractivity contribution is 6.27. The van der Waals surface area contributed by atoms with Crippen LogP contribution < -0.4 is 4.90 Å². The Hall–Kier alpha value is -7.62. The van der Waals surface area contributed by atoms with Crippen LogP contribution in [-0.4, -0.2) is 8.97 Å². The first-order valence-corrected chi connectivity index (χ1v) is 20.1. The number of para-hydroxylation sites is 4. The second kappa shape index (κ2) is 11.9. The number of nitrogens with zero attached hydrogens (tertiary/aromatic N) is 3. The monoisotopic (exact) mass is 737 g/mol. The summed E-state index contributed by atoms with van der Waals surface area (Å²) in [5.74, 6) is 0. The molecule has 270 valence electrons. The van der Waals surface area contributed by atoms with Crippen LogP contribution in [0.25, 0.3) is 87.8 Å². The van der Waals surface area contributed by atoms with Gasteiger partial charge >= 0.3 is 0 Å². The van der Waals surface area contributed by atoms with Gasteiger partial charge in [-0.2, -0.15) is 0 Å². The number of fused-ring (bicyclic) bond motifs is 12. The van der Waals surface area contributed by atoms with Gasteiger partial charge in [0.2, 0.25) is 0 Å². The average molecular weight is 738 g/mol. The van der Waals surface area contributed by atoms with Gasteiger partial charge in [0.25, 0.3) is 0 Å². The van der Waals surface area contributed by atoms with Crippen LogP contribution in [0.5, 0.6) is 0 Å². The lowest BCUT2D eigenvalue weighted by molar-refractivity contribution is 1.18. The lowest BCUT2D eigenvalue weighted by Crippen LogP contribution is -2.10. The smallest absolute Gasteiger partial charge is 0.0641 e. The molecule has 0 N–H and O–H groups in total. The Bertz CT molecular complexity index is 3590. The van der Waals surface area contributed by atoms with Crippen molar-refractivity contribution in [2.24, 2.45) is 0 Å². The van der Waals surface area contributed by atoms with Gasteiger partial charge in [0.15, 0.2) is 0 Å². The first kappa shape index (κ1) is 31.6. The van der Waals surface area contributed by atoms with Crippen molar-refractivity contribution in [1.29, 1.82) is 0 Å². The fourth-order valence-corrected chi connectivity index (χ4v) is 10.1. The summed E-state index contributed by atoms with van der Waals surface area (Å²) in [6, 6.07) is 73.9. The van der Waals surface area contributed by atoms with Crippen molar-refractivity contribution in [1.82, 2.24) is 8.97 Å². The van der Waals surface area contributed by atoms with Crippen LogP contribution in [0.2, 0.25) is 0 Å². The molecular weight excluding hydrogens is 703 g/mol. The fraction of sp³-hybridized carbons (Fsp3) is 0.0182. The molecule has 0 unspecified atom stereocenters. The second-order valence-corrected chi connectivity index (χ2v) is 15.7. The molecular formula is C55H35N3. The molecule has 1 aliphatic rings. The molecule has 0 radical (unpaired) electrons. The normalized spacial score (nSPS) is 12.4. The summed E-state index contributed by atoms with van der Waals surface area (Å²) in [5, 5.41) is 7.63. The number of anilines is 3. The average Bonchev–Trinajstić information content (AvgIpc) is 4.03. The van der Waals surface area contributed by atoms with E-state index in [0.29, 0.717) is 0 Å². The zero-order chi connectivity index (χ0) is 37.9. The molecule has 0 atom stereocenters. The minimum Gasteiger partial charge on any atom is -0.310 e. The molecule has 3 aromatic heterocycles. The summed E-state index contributed by atoms with van der Waals surface area (Å²) in [6.07, 6.45) is 0.971. The standard InChI is InChI=1S/C55H35N3/c1-2-13-39(14-3-1)57-49-19-9-6-16-43(49)45-29-25-36(33-53(45)57)35-22-26-40(27-23-35)56(41-28-24-38-32-37-12-4-5-15-42(37)48(38)34-41)52-31-30-46-44-17-7-10-20-50(44)58-51-21-11-8-18-47(51)54(52)55(46)58/h1-31,33-34H,32H2. The maximum Gasteiger partial charge on any atom is 0.0641 e. The molecule has 9 aromatic carbocycles. The molecule has 0 bridgehead atoms. The molecule has 3 heteroatoms. The van der Waals surface area contributed by atoms with Crippen LogP contribution in [0.15, 0.2) is 200 Å². The van der Waals surface area contributed by atoms with Gasteiger partial charge in [0, 0.05) is 49.4 Å². The Morgan fingerprint density at radius 1 is 0.379 bits per heavy atom. The quantitative estimate of drug-likeness (QED) is 0.171. The third-order valence-corrected chi connectivity index (χ3v) is 12.7. The van der Waals surface area contributed by atoms with E-state index in [0.717, 1.165) is 17.8 Å². The van der Waals surface area contributed by atoms with Gasteiger partial charge in [-0.3, -0.25) is 0 Å². The predicted octanol–water partition coefficient (Wildman–Crippen LogP) is 14.6. The topological polar surface area (TPSA) is 12.6 Å². The van der Waals surface area contributed by atoms with Gasteiger partial charge in [-0.05, 0) is 107 Å². The molecule has 12 aromatic rings. The SMILES string of the molecule is c1ccc(-n2c3ccccc3c3ccc(-c4ccc(N(c5ccc6c(c5)-c5ccccc5C6)c5ccc6c7ccccc7n7c8ccccc8c5c67)cc4)cc32)cc1. The lowest BCUT2D eigenvalue weighted by Gasteiger charge is -2.27. The predicted molar refractivity (Wildman–Crippen MR) is 244 cm³/mol. The van der Waals surface area contributed by atoms with Gasteiger partial charge < -0.3 is 13.9 Å². The number of benzene rings is 9. The van der Waals surface area contributed by atoms with Crippen molar-refractivity contribution in [3.8, 4) is 27.9 Å². The fourth-order valence-electron chi connectivity index (χ4n) is 10.1. The third kappa shape index (κ3) is 4.38. The zero-order valence-corrected chi connectivity index (χ0v) is 31.6. The maximum absolute atomic E-state index is 2.49. The van der Waals surface area contributed by atoms with E-state index in [1.807, 2.05) is 0 Å². The third-order valence-electron chi connectivity index (χ3n) is 12.7. The Morgan fingerprint density at radius 3 is 1.81 bits per heavy atom. The first-order chi connectivity index (χ1) is 28.8. The van der Waals surface area contributed by atoms with E-state index in [1.54, 1.807) is 0 Å². The number of rotatable bonds is 5. The number of aromatic nitrogens is 2. The second-order valence-electron chi connectivity index (χ2n) is 15.7. The van der Waals surface area contributed by atoms with Crippen molar-refractivity contribution >= 4 is 77.0 Å². The van der Waals surface area contributed by atoms with E-state index < -0.39 is 0 Å². The van der Waals surface area contributed by atoms with Gasteiger partial charge in [-0.25, -0.2) is 0 Å². The minimum atomic E-state index is 0.971. The van der Waals surface area contributed by atoms with E-state index in [1.165, 1.54) is 105 Å². The van der Waals surface area contributed by atoms with E-state index in [2.05, 4.69) is 214 Å². The molecule has 0 spiro atoms. The van der Waals surface area contributed by atoms with Crippen LogP contribution in [0.3, 0.4) is 0 Å². The van der Waals surface area contributed by atoms with Crippen LogP contribution in [-0.2, 0) is 6.42 Å². The summed E-state index contributed by atoms with van der Waals surface area (Å²) in [4.78, 5) is 2.49. The molecule has 3 heterocycles. The van der Waals surface area contributed by atoms with Crippen molar-refractivity contribution in [3.05, 3.63) is 211 Å². The van der Waals surface area contributed by atoms with E-state index in [9.17, 15) is 0 Å². The highest BCUT2D eigenvalue weighted by atomic mass is 15.1. The van der Waals surface area contributed by atoms with Crippen molar-refractivity contribution in [3.63, 3.8) is 0 Å². The van der Waals surface area contributed by atoms with E-state index in [4.69, 9.17) is 0 Å². The molecule has 0 saturated carbocycles. The summed E-state index contributed by atoms with van der Waals surface area (Å²) < 4.78 is 4.87. The van der Waals surface area contributed by atoms with Crippen LogP contribution in [0.1, 0.15) is 11.1 Å². The number of hydrogen-bond donors (Lipinski definition) is 0. The molecule has 3 nitrogen and oxygen atoms in total. The molecule has 13 rings (SSSR count). The largest absolute Gasteiger partial charge is 0.310 e. The Kier molecular flexibility index (Phi) is 6.50. The van der Waals surface area contributed by atoms with Crippen LogP contribution >= 0.6 is 0 Å². The van der Waals surface area contributed by atoms with Crippen LogP contribution in [0, 0.1) is 0 Å². The Labute approximate surface area is 335 Å².